The maximum absolute atomic E-state index is 14.0. The zero-order chi connectivity index (χ0) is 30.4. The second-order valence-electron chi connectivity index (χ2n) is 10.8. The summed E-state index contributed by atoms with van der Waals surface area (Å²) in [5, 5.41) is 7.33. The van der Waals surface area contributed by atoms with Crippen LogP contribution in [0.5, 0.6) is 0 Å². The van der Waals surface area contributed by atoms with Gasteiger partial charge in [-0.1, -0.05) is 50.2 Å². The van der Waals surface area contributed by atoms with Gasteiger partial charge < -0.3 is 16.0 Å². The Morgan fingerprint density at radius 3 is 2.15 bits per heavy atom. The Bertz CT molecular complexity index is 1400. The lowest BCUT2D eigenvalue weighted by molar-refractivity contribution is -0.187. The molecule has 8 radical (unpaired) electrons. The average Bonchev–Trinajstić information content (AvgIpc) is 3.38. The zero-order valence-electron chi connectivity index (χ0n) is 22.3. The van der Waals surface area contributed by atoms with Crippen LogP contribution < -0.4 is 16.8 Å². The molecule has 16 heteroatoms. The number of hydrogen-bond donors (Lipinski definition) is 3. The fraction of sp³-hybridized carbons (Fsp3) is 0.417. The average molecular weight is 546 g/mol. The first-order valence-corrected chi connectivity index (χ1v) is 11.9. The van der Waals surface area contributed by atoms with E-state index in [0.717, 1.165) is 0 Å². The largest absolute Gasteiger partial charge is 0.403 e. The molecule has 0 saturated heterocycles. The number of aromatic nitrogens is 3. The van der Waals surface area contributed by atoms with Crippen molar-refractivity contribution in [2.24, 2.45) is 11.1 Å². The van der Waals surface area contributed by atoms with E-state index in [4.69, 9.17) is 47.4 Å². The highest BCUT2D eigenvalue weighted by molar-refractivity contribution is 6.62. The van der Waals surface area contributed by atoms with Crippen LogP contribution in [0.15, 0.2) is 34.9 Å². The quantitative estimate of drug-likeness (QED) is 0.371. The highest BCUT2D eigenvalue weighted by atomic mass is 19.4. The Labute approximate surface area is 234 Å². The van der Waals surface area contributed by atoms with Crippen molar-refractivity contribution in [3.05, 3.63) is 47.2 Å². The second kappa shape index (κ2) is 10.4. The van der Waals surface area contributed by atoms with Crippen molar-refractivity contribution in [1.29, 1.82) is 0 Å². The predicted octanol–water partition coefficient (Wildman–Crippen LogP) is 2.51. The summed E-state index contributed by atoms with van der Waals surface area (Å²) in [6.45, 7) is 7.76. The molecule has 0 aliphatic rings. The first kappa shape index (κ1) is 31.0. The van der Waals surface area contributed by atoms with Crippen molar-refractivity contribution >= 4 is 54.9 Å². The maximum Gasteiger partial charge on any atom is 0.403 e. The van der Waals surface area contributed by atoms with Crippen LogP contribution in [0.25, 0.3) is 11.3 Å². The number of nitrogens with two attached hydrogens (primary N) is 2. The predicted molar refractivity (Wildman–Crippen MR) is 147 cm³/mol. The summed E-state index contributed by atoms with van der Waals surface area (Å²) >= 11 is 0. The number of nitrogens with zero attached hydrogens (tertiary/aromatic N) is 3. The SMILES string of the molecule is [B]C([B])([B])C([B])(n1nc(-c2ccc(C(C)C(=O)Nc3cc(CC(C)(C)C)no3)cc2)c(C(N)=O)c1N)C(F)(F)F. The molecule has 2 aromatic heterocycles. The molecule has 2 unspecified atom stereocenters. The Balaban J connectivity index is 1.92. The van der Waals surface area contributed by atoms with Crippen LogP contribution in [0.2, 0.25) is 5.11 Å². The number of alkyl halides is 3. The number of primary amides is 1. The summed E-state index contributed by atoms with van der Waals surface area (Å²) in [5.41, 5.74) is 7.96. The van der Waals surface area contributed by atoms with Gasteiger partial charge in [-0.05, 0) is 24.3 Å². The molecule has 40 heavy (non-hydrogen) atoms. The summed E-state index contributed by atoms with van der Waals surface area (Å²) in [5.74, 6) is -2.93. The third kappa shape index (κ3) is 5.95. The van der Waals surface area contributed by atoms with E-state index in [0.29, 0.717) is 17.7 Å². The van der Waals surface area contributed by atoms with Crippen molar-refractivity contribution in [1.82, 2.24) is 14.9 Å². The highest BCUT2D eigenvalue weighted by Gasteiger charge is 2.59. The molecule has 0 saturated carbocycles. The molecular formula is C24H25B4F3N6O3. The van der Waals surface area contributed by atoms with Gasteiger partial charge in [0.05, 0.1) is 35.2 Å². The van der Waals surface area contributed by atoms with Crippen molar-refractivity contribution in [2.45, 2.75) is 56.8 Å². The lowest BCUT2D eigenvalue weighted by Gasteiger charge is -2.45. The van der Waals surface area contributed by atoms with Crippen molar-refractivity contribution < 1.29 is 27.3 Å². The van der Waals surface area contributed by atoms with Crippen molar-refractivity contribution in [3.8, 4) is 11.3 Å². The Morgan fingerprint density at radius 1 is 1.10 bits per heavy atom. The lowest BCUT2D eigenvalue weighted by Crippen LogP contribution is -2.58. The van der Waals surface area contributed by atoms with Gasteiger partial charge in [0, 0.05) is 11.6 Å². The number of nitrogens with one attached hydrogen (secondary N) is 1. The van der Waals surface area contributed by atoms with E-state index in [1.165, 1.54) is 24.3 Å². The fourth-order valence-corrected chi connectivity index (χ4v) is 4.00. The van der Waals surface area contributed by atoms with E-state index in [-0.39, 0.29) is 27.2 Å². The van der Waals surface area contributed by atoms with E-state index in [1.54, 1.807) is 13.0 Å². The third-order valence-electron chi connectivity index (χ3n) is 6.19. The number of hydrogen-bond acceptors (Lipinski definition) is 6. The Kier molecular flexibility index (Phi) is 8.08. The maximum atomic E-state index is 14.0. The van der Waals surface area contributed by atoms with Crippen LogP contribution in [-0.2, 0) is 16.7 Å². The zero-order valence-corrected chi connectivity index (χ0v) is 22.3. The number of rotatable bonds is 8. The standard InChI is InChI=1S/C24H25B4F3N6O3/c1-11(20(39)34-15-9-14(36-40-15)10-21(2,3)4)12-5-7-13(8-6-12)17-16(19(33)38)18(32)37(35-17)22(25,23(26,27)28)24(29,30)31/h5-9,11H,10,32H2,1-4H3,(H2,33,38)(H,34,39). The number of amides is 2. The van der Waals surface area contributed by atoms with E-state index in [1.807, 2.05) is 20.8 Å². The first-order chi connectivity index (χ1) is 18.2. The highest BCUT2D eigenvalue weighted by Crippen LogP contribution is 2.48. The monoisotopic (exact) mass is 546 g/mol. The molecule has 0 aliphatic carbocycles. The van der Waals surface area contributed by atoms with Gasteiger partial charge in [0.15, 0.2) is 0 Å². The molecule has 1 aromatic carbocycles. The van der Waals surface area contributed by atoms with Crippen molar-refractivity contribution in [2.75, 3.05) is 11.1 Å². The second-order valence-corrected chi connectivity index (χ2v) is 10.8. The minimum absolute atomic E-state index is 0.0253. The van der Waals surface area contributed by atoms with Gasteiger partial charge in [-0.3, -0.25) is 14.9 Å². The van der Waals surface area contributed by atoms with Crippen LogP contribution in [-0.4, -0.2) is 64.3 Å². The summed E-state index contributed by atoms with van der Waals surface area (Å²) in [6, 6.07) is 7.51. The molecule has 0 spiro atoms. The molecule has 2 heterocycles. The molecule has 5 N–H and O–H groups in total. The third-order valence-corrected chi connectivity index (χ3v) is 6.19. The van der Waals surface area contributed by atoms with Gasteiger partial charge in [0.2, 0.25) is 11.8 Å². The number of benzene rings is 1. The molecule has 3 rings (SSSR count). The molecule has 2 amide bonds. The minimum atomic E-state index is -5.35. The first-order valence-electron chi connectivity index (χ1n) is 11.9. The van der Waals surface area contributed by atoms with E-state index < -0.39 is 45.8 Å². The van der Waals surface area contributed by atoms with Gasteiger partial charge in [0.25, 0.3) is 5.91 Å². The molecular weight excluding hydrogens is 521 g/mol. The molecule has 2 atom stereocenters. The van der Waals surface area contributed by atoms with Gasteiger partial charge in [0.1, 0.15) is 30.4 Å². The van der Waals surface area contributed by atoms with Gasteiger partial charge >= 0.3 is 6.18 Å². The molecule has 9 nitrogen and oxygen atoms in total. The van der Waals surface area contributed by atoms with Crippen LogP contribution in [0, 0.1) is 5.41 Å². The van der Waals surface area contributed by atoms with E-state index in [2.05, 4.69) is 15.6 Å². The van der Waals surface area contributed by atoms with Gasteiger partial charge in [-0.15, -0.1) is 5.11 Å². The molecule has 0 fully saturated rings. The van der Waals surface area contributed by atoms with Gasteiger partial charge in [-0.25, -0.2) is 4.68 Å². The number of carbonyl (C=O) groups is 2. The number of halogens is 3. The summed E-state index contributed by atoms with van der Waals surface area (Å²) in [7, 11) is 21.6. The normalized spacial score (nSPS) is 14.9. The topological polar surface area (TPSA) is 142 Å². The Hall–Kier alpha value is -3.57. The lowest BCUT2D eigenvalue weighted by atomic mass is 9.31. The molecule has 3 aromatic rings. The van der Waals surface area contributed by atoms with Crippen LogP contribution in [0.3, 0.4) is 0 Å². The molecule has 202 valence electrons. The number of anilines is 2. The Morgan fingerprint density at radius 2 is 1.68 bits per heavy atom. The minimum Gasteiger partial charge on any atom is -0.383 e. The number of carbonyl (C=O) groups excluding carboxylic acids is 2. The smallest absolute Gasteiger partial charge is 0.383 e. The summed E-state index contributed by atoms with van der Waals surface area (Å²) in [4.78, 5) is 25.0. The van der Waals surface area contributed by atoms with Crippen LogP contribution >= 0.6 is 0 Å². The van der Waals surface area contributed by atoms with Gasteiger partial charge in [-0.2, -0.15) is 18.3 Å². The van der Waals surface area contributed by atoms with E-state index >= 15 is 0 Å². The molecule has 0 aliphatic heterocycles. The van der Waals surface area contributed by atoms with Crippen molar-refractivity contribution in [3.63, 3.8) is 0 Å². The van der Waals surface area contributed by atoms with Crippen LogP contribution in [0.4, 0.5) is 24.9 Å². The summed E-state index contributed by atoms with van der Waals surface area (Å²) < 4.78 is 47.3. The van der Waals surface area contributed by atoms with E-state index in [9.17, 15) is 22.8 Å². The summed E-state index contributed by atoms with van der Waals surface area (Å²) in [6.07, 6.45) is -4.70. The fourth-order valence-electron chi connectivity index (χ4n) is 4.00. The molecule has 0 bridgehead atoms. The number of nitrogen functional groups attached to an aromatic ring is 1. The van der Waals surface area contributed by atoms with Crippen LogP contribution in [0.1, 0.15) is 55.2 Å².